The van der Waals surface area contributed by atoms with Crippen LogP contribution in [0.4, 0.5) is 5.13 Å². The number of hydrogen-bond acceptors (Lipinski definition) is 3. The first-order valence-corrected chi connectivity index (χ1v) is 3.74. The number of nitrogens with one attached hydrogen (secondary N) is 1. The third-order valence-electron chi connectivity index (χ3n) is 0.931. The molecule has 1 N–H and O–H groups in total. The van der Waals surface area contributed by atoms with E-state index in [9.17, 15) is 4.79 Å². The van der Waals surface area contributed by atoms with Gasteiger partial charge in [0, 0.05) is 6.92 Å². The lowest BCUT2D eigenvalue weighted by Gasteiger charge is -1.91. The highest BCUT2D eigenvalue weighted by atomic mass is 32.1. The average molecular weight is 166 g/mol. The highest BCUT2D eigenvalue weighted by Gasteiger charge is 1.99. The smallest absolute Gasteiger partial charge is 0.223 e. The van der Waals surface area contributed by atoms with Crippen molar-refractivity contribution in [3.8, 4) is 12.3 Å². The van der Waals surface area contributed by atoms with Gasteiger partial charge in [0.05, 0.1) is 11.1 Å². The minimum Gasteiger partial charge on any atom is -0.302 e. The summed E-state index contributed by atoms with van der Waals surface area (Å²) < 4.78 is 0. The molecule has 1 heterocycles. The van der Waals surface area contributed by atoms with Crippen molar-refractivity contribution >= 4 is 22.4 Å². The van der Waals surface area contributed by atoms with Gasteiger partial charge >= 0.3 is 0 Å². The zero-order chi connectivity index (χ0) is 8.27. The Kier molecular flexibility index (Phi) is 2.24. The molecule has 0 aromatic carbocycles. The van der Waals surface area contributed by atoms with Crippen LogP contribution in [-0.2, 0) is 4.79 Å². The molecular formula is C7H6N2OS. The quantitative estimate of drug-likeness (QED) is 0.634. The summed E-state index contributed by atoms with van der Waals surface area (Å²) in [6, 6.07) is 0. The third-order valence-corrected chi connectivity index (χ3v) is 1.77. The van der Waals surface area contributed by atoms with Crippen LogP contribution >= 0.6 is 11.3 Å². The van der Waals surface area contributed by atoms with Crippen LogP contribution in [0.5, 0.6) is 0 Å². The second-order valence-corrected chi connectivity index (χ2v) is 2.89. The van der Waals surface area contributed by atoms with E-state index in [4.69, 9.17) is 6.42 Å². The van der Waals surface area contributed by atoms with Crippen LogP contribution in [0, 0.1) is 12.3 Å². The van der Waals surface area contributed by atoms with Crippen LogP contribution in [0.3, 0.4) is 0 Å². The van der Waals surface area contributed by atoms with Crippen LogP contribution in [0.2, 0.25) is 0 Å². The van der Waals surface area contributed by atoms with Crippen molar-refractivity contribution in [3.05, 3.63) is 11.1 Å². The van der Waals surface area contributed by atoms with Crippen molar-refractivity contribution in [1.29, 1.82) is 0 Å². The number of nitrogens with zero attached hydrogens (tertiary/aromatic N) is 1. The van der Waals surface area contributed by atoms with Crippen molar-refractivity contribution in [2.24, 2.45) is 0 Å². The molecule has 0 saturated carbocycles. The van der Waals surface area contributed by atoms with E-state index in [1.165, 1.54) is 18.3 Å². The Labute approximate surface area is 68.5 Å². The summed E-state index contributed by atoms with van der Waals surface area (Å²) >= 11 is 1.28. The van der Waals surface area contributed by atoms with E-state index in [0.717, 1.165) is 0 Å². The number of hydrogen-bond donors (Lipinski definition) is 1. The van der Waals surface area contributed by atoms with E-state index in [1.807, 2.05) is 0 Å². The molecule has 0 atom stereocenters. The molecule has 0 spiro atoms. The maximum Gasteiger partial charge on any atom is 0.223 e. The number of rotatable bonds is 1. The zero-order valence-electron chi connectivity index (χ0n) is 5.92. The fraction of sp³-hybridized carbons (Fsp3) is 0.143. The first-order valence-electron chi connectivity index (χ1n) is 2.92. The van der Waals surface area contributed by atoms with Gasteiger partial charge in [0.25, 0.3) is 0 Å². The molecular weight excluding hydrogens is 160 g/mol. The van der Waals surface area contributed by atoms with Crippen LogP contribution in [0.15, 0.2) is 6.20 Å². The van der Waals surface area contributed by atoms with E-state index in [-0.39, 0.29) is 5.91 Å². The van der Waals surface area contributed by atoms with Gasteiger partial charge in [-0.3, -0.25) is 4.79 Å². The van der Waals surface area contributed by atoms with Crippen molar-refractivity contribution in [3.63, 3.8) is 0 Å². The number of amides is 1. The summed E-state index contributed by atoms with van der Waals surface area (Å²) in [5.74, 6) is 2.29. The Hall–Kier alpha value is -1.34. The maximum atomic E-state index is 10.5. The monoisotopic (exact) mass is 166 g/mol. The van der Waals surface area contributed by atoms with Crippen molar-refractivity contribution in [2.75, 3.05) is 5.32 Å². The van der Waals surface area contributed by atoms with Gasteiger partial charge in [-0.1, -0.05) is 17.3 Å². The predicted octanol–water partition coefficient (Wildman–Crippen LogP) is 1.08. The molecule has 1 aromatic rings. The predicted molar refractivity (Wildman–Crippen MR) is 44.4 cm³/mol. The lowest BCUT2D eigenvalue weighted by atomic mass is 10.6. The third kappa shape index (κ3) is 2.06. The van der Waals surface area contributed by atoms with E-state index < -0.39 is 0 Å². The van der Waals surface area contributed by atoms with E-state index in [0.29, 0.717) is 10.0 Å². The first-order chi connectivity index (χ1) is 5.22. The number of anilines is 1. The molecule has 4 heteroatoms. The summed E-state index contributed by atoms with van der Waals surface area (Å²) in [6.45, 7) is 1.43. The van der Waals surface area contributed by atoms with E-state index in [1.54, 1.807) is 6.20 Å². The molecule has 56 valence electrons. The van der Waals surface area contributed by atoms with Gasteiger partial charge in [0.15, 0.2) is 5.13 Å². The van der Waals surface area contributed by atoms with Gasteiger partial charge in [-0.05, 0) is 0 Å². The second-order valence-electron chi connectivity index (χ2n) is 1.86. The van der Waals surface area contributed by atoms with Crippen molar-refractivity contribution in [2.45, 2.75) is 6.92 Å². The number of carbonyl (C=O) groups excluding carboxylic acids is 1. The number of terminal acetylenes is 1. The molecule has 0 unspecified atom stereocenters. The fourth-order valence-corrected chi connectivity index (χ4v) is 1.22. The molecule has 1 aromatic heterocycles. The van der Waals surface area contributed by atoms with Gasteiger partial charge in [0.1, 0.15) is 0 Å². The largest absolute Gasteiger partial charge is 0.302 e. The highest BCUT2D eigenvalue weighted by Crippen LogP contribution is 2.16. The molecule has 0 aliphatic carbocycles. The van der Waals surface area contributed by atoms with Crippen molar-refractivity contribution in [1.82, 2.24) is 4.98 Å². The summed E-state index contributed by atoms with van der Waals surface area (Å²) in [7, 11) is 0. The lowest BCUT2D eigenvalue weighted by molar-refractivity contribution is -0.114. The summed E-state index contributed by atoms with van der Waals surface area (Å²) in [6.07, 6.45) is 6.65. The topological polar surface area (TPSA) is 42.0 Å². The molecule has 1 rings (SSSR count). The molecule has 1 amide bonds. The Balaban J connectivity index is 2.75. The van der Waals surface area contributed by atoms with E-state index >= 15 is 0 Å². The Bertz CT molecular complexity index is 310. The summed E-state index contributed by atoms with van der Waals surface area (Å²) in [5, 5.41) is 3.08. The van der Waals surface area contributed by atoms with Gasteiger partial charge in [-0.15, -0.1) is 6.42 Å². The molecule has 3 nitrogen and oxygen atoms in total. The average Bonchev–Trinajstić information content (AvgIpc) is 2.34. The van der Waals surface area contributed by atoms with Crippen LogP contribution in [-0.4, -0.2) is 10.9 Å². The second kappa shape index (κ2) is 3.17. The Morgan fingerprint density at radius 1 is 1.91 bits per heavy atom. The summed E-state index contributed by atoms with van der Waals surface area (Å²) in [4.78, 5) is 15.1. The molecule has 0 aliphatic heterocycles. The normalized spacial score (nSPS) is 8.73. The van der Waals surface area contributed by atoms with Gasteiger partial charge in [0.2, 0.25) is 5.91 Å². The van der Waals surface area contributed by atoms with Gasteiger partial charge in [-0.25, -0.2) is 4.98 Å². The molecule has 0 fully saturated rings. The van der Waals surface area contributed by atoms with Gasteiger partial charge in [-0.2, -0.15) is 0 Å². The summed E-state index contributed by atoms with van der Waals surface area (Å²) in [5.41, 5.74) is 0. The molecule has 0 radical (unpaired) electrons. The maximum absolute atomic E-state index is 10.5. The zero-order valence-corrected chi connectivity index (χ0v) is 6.73. The molecule has 11 heavy (non-hydrogen) atoms. The van der Waals surface area contributed by atoms with Crippen molar-refractivity contribution < 1.29 is 4.79 Å². The number of carbonyl (C=O) groups is 1. The van der Waals surface area contributed by atoms with Crippen LogP contribution in [0.1, 0.15) is 11.8 Å². The Morgan fingerprint density at radius 3 is 3.09 bits per heavy atom. The first kappa shape index (κ1) is 7.76. The van der Waals surface area contributed by atoms with E-state index in [2.05, 4.69) is 16.2 Å². The Morgan fingerprint density at radius 2 is 2.64 bits per heavy atom. The standard InChI is InChI=1S/C7H6N2OS/c1-3-6-4-8-7(11-6)9-5(2)10/h1,4H,2H3,(H,8,9,10). The fourth-order valence-electron chi connectivity index (χ4n) is 0.549. The minimum absolute atomic E-state index is 0.136. The number of thiazole rings is 1. The lowest BCUT2D eigenvalue weighted by Crippen LogP contribution is -2.04. The highest BCUT2D eigenvalue weighted by molar-refractivity contribution is 7.16. The van der Waals surface area contributed by atoms with Crippen LogP contribution in [0.25, 0.3) is 0 Å². The number of aromatic nitrogens is 1. The molecule has 0 aliphatic rings. The molecule has 0 bridgehead atoms. The SMILES string of the molecule is C#Cc1cnc(NC(C)=O)s1. The van der Waals surface area contributed by atoms with Gasteiger partial charge < -0.3 is 5.32 Å². The van der Waals surface area contributed by atoms with Crippen LogP contribution < -0.4 is 5.32 Å². The molecule has 0 saturated heterocycles. The minimum atomic E-state index is -0.136.